The molecule has 1 aliphatic rings. The van der Waals surface area contributed by atoms with Crippen LogP contribution in [-0.4, -0.2) is 37.8 Å². The number of carbonyl (C=O) groups excluding carboxylic acids is 1. The van der Waals surface area contributed by atoms with E-state index in [2.05, 4.69) is 5.32 Å². The van der Waals surface area contributed by atoms with Gasteiger partial charge in [0.15, 0.2) is 5.78 Å². The highest BCUT2D eigenvalue weighted by atomic mass is 32.2. The van der Waals surface area contributed by atoms with E-state index >= 15 is 0 Å². The number of carbonyl (C=O) groups is 1. The molecule has 0 amide bonds. The molecule has 1 aromatic carbocycles. The van der Waals surface area contributed by atoms with Crippen molar-refractivity contribution in [3.63, 3.8) is 0 Å². The molecule has 4 heteroatoms. The van der Waals surface area contributed by atoms with Crippen LogP contribution >= 0.6 is 11.8 Å². The molecule has 2 atom stereocenters. The molecular formula is C14H19NO2S. The zero-order valence-corrected chi connectivity index (χ0v) is 11.6. The molecule has 18 heavy (non-hydrogen) atoms. The van der Waals surface area contributed by atoms with Crippen LogP contribution in [0.25, 0.3) is 0 Å². The van der Waals surface area contributed by atoms with Gasteiger partial charge in [0.2, 0.25) is 0 Å². The van der Waals surface area contributed by atoms with Crippen LogP contribution in [0, 0.1) is 0 Å². The van der Waals surface area contributed by atoms with E-state index < -0.39 is 4.75 Å². The van der Waals surface area contributed by atoms with Crippen LogP contribution in [0.2, 0.25) is 0 Å². The lowest BCUT2D eigenvalue weighted by Crippen LogP contribution is -2.53. The van der Waals surface area contributed by atoms with Crippen molar-refractivity contribution in [2.75, 3.05) is 26.0 Å². The van der Waals surface area contributed by atoms with Gasteiger partial charge in [0.25, 0.3) is 0 Å². The van der Waals surface area contributed by atoms with E-state index in [9.17, 15) is 4.79 Å². The van der Waals surface area contributed by atoms with Crippen molar-refractivity contribution >= 4 is 17.5 Å². The minimum Gasteiger partial charge on any atom is -0.373 e. The van der Waals surface area contributed by atoms with Gasteiger partial charge in [-0.2, -0.15) is 0 Å². The molecule has 0 aromatic heterocycles. The molecule has 98 valence electrons. The summed E-state index contributed by atoms with van der Waals surface area (Å²) in [6.45, 7) is 3.89. The highest BCUT2D eigenvalue weighted by Gasteiger charge is 2.45. The van der Waals surface area contributed by atoms with Crippen molar-refractivity contribution in [2.45, 2.75) is 17.8 Å². The highest BCUT2D eigenvalue weighted by molar-refractivity contribution is 8.00. The number of thioether (sulfide) groups is 1. The van der Waals surface area contributed by atoms with E-state index in [4.69, 9.17) is 4.74 Å². The number of Topliss-reactive ketones (excluding diaryl/α,β-unsaturated/α-hetero) is 1. The maximum Gasteiger partial charge on any atom is 0.152 e. The molecule has 0 aliphatic carbocycles. The standard InChI is InChI=1S/C14H19NO2S/c1-11(16)14(18-2,12-6-4-3-5-7-12)13-10-15-8-9-17-13/h3-7,13,15H,8-10H2,1-2H3. The molecule has 2 rings (SSSR count). The van der Waals surface area contributed by atoms with Crippen LogP contribution in [0.4, 0.5) is 0 Å². The van der Waals surface area contributed by atoms with Gasteiger partial charge in [0.05, 0.1) is 12.7 Å². The second-order valence-electron chi connectivity index (χ2n) is 4.43. The number of rotatable bonds is 4. The van der Waals surface area contributed by atoms with Gasteiger partial charge in [0, 0.05) is 13.1 Å². The van der Waals surface area contributed by atoms with Crippen LogP contribution in [0.3, 0.4) is 0 Å². The minimum atomic E-state index is -0.602. The van der Waals surface area contributed by atoms with Gasteiger partial charge in [-0.3, -0.25) is 4.79 Å². The summed E-state index contributed by atoms with van der Waals surface area (Å²) in [5.74, 6) is 0.148. The highest BCUT2D eigenvalue weighted by Crippen LogP contribution is 2.41. The number of hydrogen-bond donors (Lipinski definition) is 1. The molecule has 0 bridgehead atoms. The summed E-state index contributed by atoms with van der Waals surface area (Å²) in [5, 5.41) is 3.31. The lowest BCUT2D eigenvalue weighted by Gasteiger charge is -2.39. The third-order valence-corrected chi connectivity index (χ3v) is 4.86. The third kappa shape index (κ3) is 2.32. The molecule has 1 saturated heterocycles. The monoisotopic (exact) mass is 265 g/mol. The van der Waals surface area contributed by atoms with Crippen LogP contribution in [0.15, 0.2) is 30.3 Å². The van der Waals surface area contributed by atoms with E-state index in [1.807, 2.05) is 36.6 Å². The topological polar surface area (TPSA) is 38.3 Å². The Kier molecular flexibility index (Phi) is 4.43. The molecule has 2 unspecified atom stereocenters. The molecule has 1 aliphatic heterocycles. The molecule has 1 heterocycles. The van der Waals surface area contributed by atoms with Gasteiger partial charge >= 0.3 is 0 Å². The maximum atomic E-state index is 12.3. The molecule has 3 nitrogen and oxygen atoms in total. The van der Waals surface area contributed by atoms with Crippen molar-refractivity contribution in [3.05, 3.63) is 35.9 Å². The Morgan fingerprint density at radius 1 is 1.44 bits per heavy atom. The zero-order chi connectivity index (χ0) is 13.0. The Morgan fingerprint density at radius 2 is 2.17 bits per heavy atom. The Bertz CT molecular complexity index is 404. The van der Waals surface area contributed by atoms with Gasteiger partial charge < -0.3 is 10.1 Å². The molecule has 1 fully saturated rings. The van der Waals surface area contributed by atoms with E-state index in [0.29, 0.717) is 6.61 Å². The first-order valence-corrected chi connectivity index (χ1v) is 7.38. The SMILES string of the molecule is CSC(C(C)=O)(c1ccccc1)C1CNCCO1. The normalized spacial score (nSPS) is 23.3. The summed E-state index contributed by atoms with van der Waals surface area (Å²) in [4.78, 5) is 12.3. The van der Waals surface area contributed by atoms with Crippen molar-refractivity contribution in [2.24, 2.45) is 0 Å². The largest absolute Gasteiger partial charge is 0.373 e. The van der Waals surface area contributed by atoms with Crippen molar-refractivity contribution in [1.82, 2.24) is 5.32 Å². The van der Waals surface area contributed by atoms with Gasteiger partial charge in [-0.1, -0.05) is 30.3 Å². The molecule has 1 N–H and O–H groups in total. The second-order valence-corrected chi connectivity index (χ2v) is 5.48. The Balaban J connectivity index is 2.42. The number of benzene rings is 1. The van der Waals surface area contributed by atoms with Crippen molar-refractivity contribution in [3.8, 4) is 0 Å². The zero-order valence-electron chi connectivity index (χ0n) is 10.8. The Hall–Kier alpha value is -0.840. The summed E-state index contributed by atoms with van der Waals surface area (Å²) in [7, 11) is 0. The molecular weight excluding hydrogens is 246 g/mol. The van der Waals surface area contributed by atoms with Gasteiger partial charge in [-0.25, -0.2) is 0 Å². The summed E-state index contributed by atoms with van der Waals surface area (Å²) >= 11 is 1.57. The average molecular weight is 265 g/mol. The van der Waals surface area contributed by atoms with Gasteiger partial charge in [-0.05, 0) is 18.7 Å². The second kappa shape index (κ2) is 5.87. The predicted molar refractivity (Wildman–Crippen MR) is 74.9 cm³/mol. The fraction of sp³-hybridized carbons (Fsp3) is 0.500. The quantitative estimate of drug-likeness (QED) is 0.901. The van der Waals surface area contributed by atoms with Gasteiger partial charge in [-0.15, -0.1) is 11.8 Å². The predicted octanol–water partition coefficient (Wildman–Crippen LogP) is 1.82. The first-order valence-electron chi connectivity index (χ1n) is 6.16. The summed E-state index contributed by atoms with van der Waals surface area (Å²) in [6.07, 6.45) is 1.87. The van der Waals surface area contributed by atoms with Crippen molar-refractivity contribution < 1.29 is 9.53 Å². The molecule has 0 spiro atoms. The van der Waals surface area contributed by atoms with E-state index in [1.165, 1.54) is 0 Å². The minimum absolute atomic E-state index is 0.110. The number of ether oxygens (including phenoxy) is 1. The number of nitrogens with one attached hydrogen (secondary N) is 1. The fourth-order valence-corrected chi connectivity index (χ4v) is 3.59. The summed E-state index contributed by atoms with van der Waals surface area (Å²) in [5.41, 5.74) is 1.03. The van der Waals surface area contributed by atoms with Crippen LogP contribution < -0.4 is 5.32 Å². The van der Waals surface area contributed by atoms with Crippen LogP contribution in [0.5, 0.6) is 0 Å². The van der Waals surface area contributed by atoms with Crippen LogP contribution in [0.1, 0.15) is 12.5 Å². The Morgan fingerprint density at radius 3 is 2.67 bits per heavy atom. The third-order valence-electron chi connectivity index (χ3n) is 3.43. The summed E-state index contributed by atoms with van der Waals surface area (Å²) in [6, 6.07) is 9.93. The lowest BCUT2D eigenvalue weighted by atomic mass is 9.88. The number of ketones is 1. The maximum absolute atomic E-state index is 12.3. The first kappa shape index (κ1) is 13.6. The summed E-state index contributed by atoms with van der Waals surface area (Å²) < 4.78 is 5.24. The van der Waals surface area contributed by atoms with E-state index in [1.54, 1.807) is 18.7 Å². The molecule has 1 aromatic rings. The molecule has 0 radical (unpaired) electrons. The number of hydrogen-bond acceptors (Lipinski definition) is 4. The lowest BCUT2D eigenvalue weighted by molar-refractivity contribution is -0.124. The van der Waals surface area contributed by atoms with Crippen LogP contribution in [-0.2, 0) is 14.3 Å². The smallest absolute Gasteiger partial charge is 0.152 e. The van der Waals surface area contributed by atoms with Gasteiger partial charge in [0.1, 0.15) is 4.75 Å². The molecule has 0 saturated carbocycles. The fourth-order valence-electron chi connectivity index (χ4n) is 2.52. The van der Waals surface area contributed by atoms with E-state index in [-0.39, 0.29) is 11.9 Å². The number of morpholine rings is 1. The van der Waals surface area contributed by atoms with E-state index in [0.717, 1.165) is 18.7 Å². The van der Waals surface area contributed by atoms with Crippen molar-refractivity contribution in [1.29, 1.82) is 0 Å². The Labute approximate surface area is 112 Å². The first-order chi connectivity index (χ1) is 8.71. The average Bonchev–Trinajstić information content (AvgIpc) is 2.42.